The molecule has 0 saturated carbocycles. The van der Waals surface area contributed by atoms with E-state index in [1.165, 1.54) is 10.9 Å². The zero-order chi connectivity index (χ0) is 15.9. The molecule has 0 unspecified atom stereocenters. The highest BCUT2D eigenvalue weighted by molar-refractivity contribution is 14.0. The smallest absolute Gasteiger partial charge is 0.191 e. The maximum atomic E-state index is 13.7. The SMILES string of the molecule is CN=C(NCCc1ncc(C)s1)NCc1ccc(Br)cc1F.I. The normalized spacial score (nSPS) is 11.0. The first-order chi connectivity index (χ1) is 10.6. The van der Waals surface area contributed by atoms with E-state index < -0.39 is 0 Å². The summed E-state index contributed by atoms with van der Waals surface area (Å²) in [5.74, 6) is 0.409. The molecule has 0 aliphatic rings. The number of aromatic nitrogens is 1. The highest BCUT2D eigenvalue weighted by atomic mass is 127. The number of aryl methyl sites for hydroxylation is 1. The summed E-state index contributed by atoms with van der Waals surface area (Å²) in [5.41, 5.74) is 0.599. The first kappa shape index (κ1) is 20.3. The van der Waals surface area contributed by atoms with Gasteiger partial charge in [0.1, 0.15) is 5.82 Å². The van der Waals surface area contributed by atoms with Gasteiger partial charge in [-0.1, -0.05) is 22.0 Å². The van der Waals surface area contributed by atoms with E-state index >= 15 is 0 Å². The number of halogens is 3. The van der Waals surface area contributed by atoms with Gasteiger partial charge in [-0.05, 0) is 19.1 Å². The van der Waals surface area contributed by atoms with Crippen LogP contribution in [-0.2, 0) is 13.0 Å². The van der Waals surface area contributed by atoms with Crippen LogP contribution in [0.15, 0.2) is 33.9 Å². The first-order valence-corrected chi connectivity index (χ1v) is 8.49. The third kappa shape index (κ3) is 6.72. The van der Waals surface area contributed by atoms with Crippen molar-refractivity contribution >= 4 is 57.2 Å². The molecule has 0 fully saturated rings. The molecule has 4 nitrogen and oxygen atoms in total. The first-order valence-electron chi connectivity index (χ1n) is 6.88. The van der Waals surface area contributed by atoms with Crippen molar-refractivity contribution in [3.63, 3.8) is 0 Å². The Bertz CT molecular complexity index is 663. The van der Waals surface area contributed by atoms with Crippen LogP contribution in [0.25, 0.3) is 0 Å². The zero-order valence-corrected chi connectivity index (χ0v) is 17.6. The summed E-state index contributed by atoms with van der Waals surface area (Å²) in [5, 5.41) is 7.40. The molecular weight excluding hydrogens is 494 g/mol. The average molecular weight is 513 g/mol. The fraction of sp³-hybridized carbons (Fsp3) is 0.333. The van der Waals surface area contributed by atoms with Crippen molar-refractivity contribution in [2.45, 2.75) is 19.9 Å². The Morgan fingerprint density at radius 3 is 2.78 bits per heavy atom. The molecule has 0 radical (unpaired) electrons. The van der Waals surface area contributed by atoms with Crippen LogP contribution in [0.1, 0.15) is 15.4 Å². The molecule has 0 bridgehead atoms. The average Bonchev–Trinajstić information content (AvgIpc) is 2.89. The van der Waals surface area contributed by atoms with Crippen molar-refractivity contribution in [2.24, 2.45) is 4.99 Å². The van der Waals surface area contributed by atoms with Crippen molar-refractivity contribution in [3.05, 3.63) is 50.1 Å². The Morgan fingerprint density at radius 2 is 2.17 bits per heavy atom. The molecular formula is C15H19BrFIN4S. The van der Waals surface area contributed by atoms with Gasteiger partial charge in [0.2, 0.25) is 0 Å². The largest absolute Gasteiger partial charge is 0.356 e. The Kier molecular flexibility index (Phi) is 9.00. The Hall–Kier alpha value is -0.740. The summed E-state index contributed by atoms with van der Waals surface area (Å²) >= 11 is 4.94. The van der Waals surface area contributed by atoms with Gasteiger partial charge in [-0.15, -0.1) is 35.3 Å². The lowest BCUT2D eigenvalue weighted by Crippen LogP contribution is -2.38. The highest BCUT2D eigenvalue weighted by Gasteiger charge is 2.05. The molecule has 0 amide bonds. The molecule has 8 heteroatoms. The lowest BCUT2D eigenvalue weighted by atomic mass is 10.2. The van der Waals surface area contributed by atoms with E-state index in [1.54, 1.807) is 24.5 Å². The van der Waals surface area contributed by atoms with Crippen LogP contribution < -0.4 is 10.6 Å². The van der Waals surface area contributed by atoms with E-state index in [-0.39, 0.29) is 29.8 Å². The van der Waals surface area contributed by atoms with Gasteiger partial charge in [-0.2, -0.15) is 0 Å². The molecule has 23 heavy (non-hydrogen) atoms. The summed E-state index contributed by atoms with van der Waals surface area (Å²) in [6.07, 6.45) is 2.72. The second-order valence-electron chi connectivity index (χ2n) is 4.70. The zero-order valence-electron chi connectivity index (χ0n) is 12.9. The number of hydrogen-bond donors (Lipinski definition) is 2. The van der Waals surface area contributed by atoms with Gasteiger partial charge in [0.15, 0.2) is 5.96 Å². The van der Waals surface area contributed by atoms with E-state index in [4.69, 9.17) is 0 Å². The van der Waals surface area contributed by atoms with Crippen molar-refractivity contribution in [1.29, 1.82) is 0 Å². The van der Waals surface area contributed by atoms with Crippen molar-refractivity contribution < 1.29 is 4.39 Å². The van der Waals surface area contributed by atoms with Crippen LogP contribution >= 0.6 is 51.2 Å². The van der Waals surface area contributed by atoms with Gasteiger partial charge in [0.25, 0.3) is 0 Å². The van der Waals surface area contributed by atoms with Gasteiger partial charge in [0.05, 0.1) is 5.01 Å². The number of hydrogen-bond acceptors (Lipinski definition) is 3. The third-order valence-corrected chi connectivity index (χ3v) is 4.45. The summed E-state index contributed by atoms with van der Waals surface area (Å²) in [6.45, 7) is 3.16. The Balaban J connectivity index is 0.00000264. The quantitative estimate of drug-likeness (QED) is 0.363. The minimum absolute atomic E-state index is 0. The predicted octanol–water partition coefficient (Wildman–Crippen LogP) is 3.88. The van der Waals surface area contributed by atoms with Crippen LogP contribution in [-0.4, -0.2) is 24.5 Å². The van der Waals surface area contributed by atoms with E-state index in [1.807, 2.05) is 19.2 Å². The van der Waals surface area contributed by atoms with E-state index in [2.05, 4.69) is 36.5 Å². The number of aliphatic imine (C=N–C) groups is 1. The van der Waals surface area contributed by atoms with Crippen LogP contribution in [0, 0.1) is 12.7 Å². The molecule has 1 aromatic heterocycles. The molecule has 2 rings (SSSR count). The number of thiazole rings is 1. The molecule has 0 saturated heterocycles. The maximum absolute atomic E-state index is 13.7. The van der Waals surface area contributed by atoms with Crippen LogP contribution in [0.5, 0.6) is 0 Å². The molecule has 0 atom stereocenters. The van der Waals surface area contributed by atoms with Crippen LogP contribution in [0.4, 0.5) is 4.39 Å². The minimum Gasteiger partial charge on any atom is -0.356 e. The molecule has 0 aliphatic heterocycles. The number of nitrogens with zero attached hydrogens (tertiary/aromatic N) is 2. The third-order valence-electron chi connectivity index (χ3n) is 2.99. The van der Waals surface area contributed by atoms with Crippen molar-refractivity contribution in [3.8, 4) is 0 Å². The number of benzene rings is 1. The molecule has 0 spiro atoms. The summed E-state index contributed by atoms with van der Waals surface area (Å²) < 4.78 is 14.5. The predicted molar refractivity (Wildman–Crippen MR) is 108 cm³/mol. The second kappa shape index (κ2) is 10.2. The fourth-order valence-corrected chi connectivity index (χ4v) is 2.99. The molecule has 1 heterocycles. The topological polar surface area (TPSA) is 49.3 Å². The lowest BCUT2D eigenvalue weighted by molar-refractivity contribution is 0.604. The van der Waals surface area contributed by atoms with Gasteiger partial charge in [0, 0.05) is 47.7 Å². The Morgan fingerprint density at radius 1 is 1.39 bits per heavy atom. The standard InChI is InChI=1S/C15H18BrFN4S.HI/c1-10-8-20-14(22-10)5-6-19-15(18-2)21-9-11-3-4-12(16)7-13(11)17;/h3-4,7-8H,5-6,9H2,1-2H3,(H2,18,19,21);1H. The molecule has 0 aliphatic carbocycles. The van der Waals surface area contributed by atoms with Crippen LogP contribution in [0.3, 0.4) is 0 Å². The minimum atomic E-state index is -0.240. The van der Waals surface area contributed by atoms with E-state index in [0.29, 0.717) is 18.1 Å². The van der Waals surface area contributed by atoms with Crippen LogP contribution in [0.2, 0.25) is 0 Å². The van der Waals surface area contributed by atoms with Gasteiger partial charge in [-0.3, -0.25) is 4.99 Å². The van der Waals surface area contributed by atoms with Crippen molar-refractivity contribution in [2.75, 3.05) is 13.6 Å². The summed E-state index contributed by atoms with van der Waals surface area (Å²) in [7, 11) is 1.70. The molecule has 1 aromatic carbocycles. The number of rotatable bonds is 5. The van der Waals surface area contributed by atoms with Gasteiger partial charge in [-0.25, -0.2) is 9.37 Å². The monoisotopic (exact) mass is 512 g/mol. The van der Waals surface area contributed by atoms with E-state index in [0.717, 1.165) is 22.4 Å². The van der Waals surface area contributed by atoms with E-state index in [9.17, 15) is 4.39 Å². The molecule has 126 valence electrons. The Labute approximate surface area is 165 Å². The molecule has 2 N–H and O–H groups in total. The van der Waals surface area contributed by atoms with Gasteiger partial charge < -0.3 is 10.6 Å². The number of nitrogens with one attached hydrogen (secondary N) is 2. The van der Waals surface area contributed by atoms with Gasteiger partial charge >= 0.3 is 0 Å². The highest BCUT2D eigenvalue weighted by Crippen LogP contribution is 2.15. The fourth-order valence-electron chi connectivity index (χ4n) is 1.87. The lowest BCUT2D eigenvalue weighted by Gasteiger charge is -2.12. The summed E-state index contributed by atoms with van der Waals surface area (Å²) in [4.78, 5) is 9.66. The maximum Gasteiger partial charge on any atom is 0.191 e. The second-order valence-corrected chi connectivity index (χ2v) is 6.94. The number of guanidine groups is 1. The summed E-state index contributed by atoms with van der Waals surface area (Å²) in [6, 6.07) is 5.02. The van der Waals surface area contributed by atoms with Crippen molar-refractivity contribution in [1.82, 2.24) is 15.6 Å². The molecule has 2 aromatic rings.